The summed E-state index contributed by atoms with van der Waals surface area (Å²) in [5.41, 5.74) is 3.06. The zero-order chi connectivity index (χ0) is 22.7. The summed E-state index contributed by atoms with van der Waals surface area (Å²) in [4.78, 5) is 0.265. The zero-order valence-corrected chi connectivity index (χ0v) is 19.2. The molecule has 4 aromatic rings. The van der Waals surface area contributed by atoms with Crippen LogP contribution in [-0.2, 0) is 23.0 Å². The molecule has 0 saturated heterocycles. The van der Waals surface area contributed by atoms with Crippen LogP contribution in [-0.4, -0.2) is 17.9 Å². The van der Waals surface area contributed by atoms with Crippen molar-refractivity contribution in [2.24, 2.45) is 0 Å². The summed E-state index contributed by atoms with van der Waals surface area (Å²) >= 11 is 0. The molecular formula is C25H26N2O4S. The molecule has 0 aliphatic carbocycles. The fourth-order valence-electron chi connectivity index (χ4n) is 3.75. The fraction of sp³-hybridized carbons (Fsp3) is 0.240. The summed E-state index contributed by atoms with van der Waals surface area (Å²) in [7, 11) is -3.88. The quantitative estimate of drug-likeness (QED) is 0.341. The largest absolute Gasteiger partial charge is 0.468 e. The predicted octanol–water partition coefficient (Wildman–Crippen LogP) is 5.76. The zero-order valence-electron chi connectivity index (χ0n) is 18.4. The molecule has 32 heavy (non-hydrogen) atoms. The van der Waals surface area contributed by atoms with Crippen LogP contribution in [0.1, 0.15) is 42.5 Å². The second kappa shape index (κ2) is 9.14. The van der Waals surface area contributed by atoms with Crippen molar-refractivity contribution in [2.75, 3.05) is 0 Å². The number of sulfonamides is 1. The second-order valence-electron chi connectivity index (χ2n) is 7.72. The van der Waals surface area contributed by atoms with Crippen molar-refractivity contribution in [2.45, 2.75) is 44.7 Å². The molecule has 0 amide bonds. The summed E-state index contributed by atoms with van der Waals surface area (Å²) in [6.07, 6.45) is 2.14. The van der Waals surface area contributed by atoms with E-state index >= 15 is 0 Å². The van der Waals surface area contributed by atoms with Crippen molar-refractivity contribution in [3.63, 3.8) is 0 Å². The maximum atomic E-state index is 14.1. The Hall–Kier alpha value is -3.16. The predicted molar refractivity (Wildman–Crippen MR) is 122 cm³/mol. The lowest BCUT2D eigenvalue weighted by atomic mass is 10.1. The van der Waals surface area contributed by atoms with E-state index in [1.165, 1.54) is 4.31 Å². The number of nitrogens with zero attached hydrogens (tertiary/aromatic N) is 2. The molecule has 0 radical (unpaired) electrons. The molecule has 0 fully saturated rings. The van der Waals surface area contributed by atoms with Crippen LogP contribution >= 0.6 is 0 Å². The number of furan rings is 1. The Morgan fingerprint density at radius 2 is 1.81 bits per heavy atom. The van der Waals surface area contributed by atoms with Crippen LogP contribution in [0.25, 0.3) is 11.3 Å². The van der Waals surface area contributed by atoms with Crippen LogP contribution in [0.2, 0.25) is 0 Å². The van der Waals surface area contributed by atoms with Gasteiger partial charge in [0.1, 0.15) is 5.76 Å². The summed E-state index contributed by atoms with van der Waals surface area (Å²) < 4.78 is 40.5. The van der Waals surface area contributed by atoms with Gasteiger partial charge in [0, 0.05) is 17.7 Å². The third-order valence-corrected chi connectivity index (χ3v) is 7.55. The van der Waals surface area contributed by atoms with Gasteiger partial charge in [-0.25, -0.2) is 8.42 Å². The van der Waals surface area contributed by atoms with Gasteiger partial charge >= 0.3 is 0 Å². The molecule has 1 atom stereocenters. The van der Waals surface area contributed by atoms with Crippen molar-refractivity contribution in [3.8, 4) is 11.3 Å². The first-order valence-electron chi connectivity index (χ1n) is 10.6. The number of hydrogen-bond donors (Lipinski definition) is 0. The molecular weight excluding hydrogens is 424 g/mol. The Kier molecular flexibility index (Phi) is 6.30. The number of benzene rings is 2. The van der Waals surface area contributed by atoms with Crippen molar-refractivity contribution in [1.82, 2.24) is 9.46 Å². The lowest BCUT2D eigenvalue weighted by Gasteiger charge is -2.29. The standard InChI is InChI=1S/C25H26N2O4S/c1-4-20-12-13-22(24-15-18(2)26-31-24)16-25(20)32(28,29)27(17-23-11-8-14-30-23)19(3)21-9-6-5-7-10-21/h5-16,19H,4,17H2,1-3H3/t19-/m0/s1. The SMILES string of the molecule is CCc1ccc(-c2cc(C)no2)cc1S(=O)(=O)N(Cc1ccco1)[C@@H](C)c1ccccc1. The van der Waals surface area contributed by atoms with E-state index in [0.717, 1.165) is 16.8 Å². The topological polar surface area (TPSA) is 76.6 Å². The fourth-order valence-corrected chi connectivity index (χ4v) is 5.66. The summed E-state index contributed by atoms with van der Waals surface area (Å²) in [5.74, 6) is 1.12. The Morgan fingerprint density at radius 3 is 2.44 bits per heavy atom. The summed E-state index contributed by atoms with van der Waals surface area (Å²) in [6.45, 7) is 5.80. The molecule has 2 aromatic heterocycles. The Morgan fingerprint density at radius 1 is 1.03 bits per heavy atom. The smallest absolute Gasteiger partial charge is 0.244 e. The molecule has 2 heterocycles. The van der Waals surface area contributed by atoms with E-state index in [9.17, 15) is 8.42 Å². The number of aromatic nitrogens is 1. The minimum absolute atomic E-state index is 0.125. The first-order chi connectivity index (χ1) is 15.4. The first kappa shape index (κ1) is 22.0. The van der Waals surface area contributed by atoms with Crippen molar-refractivity contribution in [3.05, 3.63) is 95.6 Å². The first-order valence-corrected chi connectivity index (χ1v) is 12.0. The highest BCUT2D eigenvalue weighted by molar-refractivity contribution is 7.89. The summed E-state index contributed by atoms with van der Waals surface area (Å²) in [5, 5.41) is 3.93. The van der Waals surface area contributed by atoms with Gasteiger partial charge in [-0.2, -0.15) is 4.31 Å². The van der Waals surface area contributed by atoms with Gasteiger partial charge in [-0.15, -0.1) is 0 Å². The highest BCUT2D eigenvalue weighted by atomic mass is 32.2. The van der Waals surface area contributed by atoms with Gasteiger partial charge in [-0.05, 0) is 49.6 Å². The van der Waals surface area contributed by atoms with Crippen LogP contribution in [0, 0.1) is 6.92 Å². The van der Waals surface area contributed by atoms with Gasteiger partial charge in [0.05, 0.1) is 23.4 Å². The van der Waals surface area contributed by atoms with Crippen LogP contribution in [0.3, 0.4) is 0 Å². The van der Waals surface area contributed by atoms with Gasteiger partial charge < -0.3 is 8.94 Å². The third kappa shape index (κ3) is 4.40. The highest BCUT2D eigenvalue weighted by Gasteiger charge is 2.33. The van der Waals surface area contributed by atoms with E-state index < -0.39 is 16.1 Å². The molecule has 166 valence electrons. The van der Waals surface area contributed by atoms with Gasteiger partial charge in [-0.1, -0.05) is 54.5 Å². The Labute approximate surface area is 188 Å². The van der Waals surface area contributed by atoms with E-state index in [1.54, 1.807) is 30.5 Å². The molecule has 0 spiro atoms. The molecule has 0 aliphatic rings. The Bertz CT molecular complexity index is 1280. The average molecular weight is 451 g/mol. The van der Waals surface area contributed by atoms with E-state index in [-0.39, 0.29) is 11.4 Å². The number of rotatable bonds is 8. The second-order valence-corrected chi connectivity index (χ2v) is 9.58. The Balaban J connectivity index is 1.83. The molecule has 2 aromatic carbocycles. The van der Waals surface area contributed by atoms with Gasteiger partial charge in [0.25, 0.3) is 0 Å². The van der Waals surface area contributed by atoms with Crippen molar-refractivity contribution in [1.29, 1.82) is 0 Å². The number of aryl methyl sites for hydroxylation is 2. The molecule has 0 unspecified atom stereocenters. The monoisotopic (exact) mass is 450 g/mol. The van der Waals surface area contributed by atoms with Crippen molar-refractivity contribution >= 4 is 10.0 Å². The lowest BCUT2D eigenvalue weighted by Crippen LogP contribution is -2.33. The maximum Gasteiger partial charge on any atom is 0.244 e. The van der Waals surface area contributed by atoms with E-state index in [1.807, 2.05) is 63.2 Å². The maximum absolute atomic E-state index is 14.1. The van der Waals surface area contributed by atoms with Gasteiger partial charge in [0.2, 0.25) is 10.0 Å². The van der Waals surface area contributed by atoms with E-state index in [0.29, 0.717) is 23.5 Å². The highest BCUT2D eigenvalue weighted by Crippen LogP contribution is 2.33. The van der Waals surface area contributed by atoms with Crippen LogP contribution in [0.5, 0.6) is 0 Å². The van der Waals surface area contributed by atoms with Crippen molar-refractivity contribution < 1.29 is 17.4 Å². The molecule has 6 nitrogen and oxygen atoms in total. The summed E-state index contributed by atoms with van der Waals surface area (Å²) in [6, 6.07) is 20.0. The molecule has 7 heteroatoms. The van der Waals surface area contributed by atoms with Crippen LogP contribution in [0.4, 0.5) is 0 Å². The molecule has 0 bridgehead atoms. The van der Waals surface area contributed by atoms with E-state index in [4.69, 9.17) is 8.94 Å². The lowest BCUT2D eigenvalue weighted by molar-refractivity contribution is 0.307. The normalized spacial score (nSPS) is 12.9. The number of hydrogen-bond acceptors (Lipinski definition) is 5. The van der Waals surface area contributed by atoms with Gasteiger partial charge in [0.15, 0.2) is 5.76 Å². The van der Waals surface area contributed by atoms with E-state index in [2.05, 4.69) is 5.16 Å². The molecule has 0 saturated carbocycles. The minimum atomic E-state index is -3.88. The van der Waals surface area contributed by atoms with Gasteiger partial charge in [-0.3, -0.25) is 0 Å². The molecule has 0 aliphatic heterocycles. The third-order valence-electron chi connectivity index (χ3n) is 5.55. The minimum Gasteiger partial charge on any atom is -0.468 e. The van der Waals surface area contributed by atoms with Crippen LogP contribution in [0.15, 0.2) is 86.8 Å². The average Bonchev–Trinajstić information content (AvgIpc) is 3.49. The van der Waals surface area contributed by atoms with Crippen LogP contribution < -0.4 is 0 Å². The molecule has 0 N–H and O–H groups in total. The molecule has 4 rings (SSSR count).